The first-order valence-electron chi connectivity index (χ1n) is 9.73. The number of pyridine rings is 1. The molecule has 2 aliphatic heterocycles. The molecular formula is C21H26N4O2. The molecule has 2 saturated heterocycles. The molecule has 3 heterocycles. The van der Waals surface area contributed by atoms with Gasteiger partial charge < -0.3 is 20.3 Å². The number of carbonyl (C=O) groups is 1. The van der Waals surface area contributed by atoms with Crippen LogP contribution in [-0.2, 0) is 4.74 Å². The fraction of sp³-hybridized carbons (Fsp3) is 0.429. The molecule has 0 bridgehead atoms. The summed E-state index contributed by atoms with van der Waals surface area (Å²) in [5.41, 5.74) is 1.93. The Morgan fingerprint density at radius 1 is 1.11 bits per heavy atom. The third kappa shape index (κ3) is 4.39. The highest BCUT2D eigenvalue weighted by atomic mass is 16.5. The molecule has 2 aliphatic rings. The van der Waals surface area contributed by atoms with E-state index >= 15 is 0 Å². The van der Waals surface area contributed by atoms with E-state index in [1.165, 1.54) is 12.8 Å². The summed E-state index contributed by atoms with van der Waals surface area (Å²) in [7, 11) is 0. The number of carbonyl (C=O) groups excluding carboxylic acids is 1. The normalized spacial score (nSPS) is 22.4. The number of nitrogens with zero attached hydrogens (tertiary/aromatic N) is 2. The second-order valence-corrected chi connectivity index (χ2v) is 7.16. The predicted octanol–water partition coefficient (Wildman–Crippen LogP) is 3.72. The number of hydrogen-bond acceptors (Lipinski definition) is 4. The average Bonchev–Trinajstić information content (AvgIpc) is 3.24. The van der Waals surface area contributed by atoms with E-state index in [9.17, 15) is 4.79 Å². The number of urea groups is 1. The van der Waals surface area contributed by atoms with E-state index < -0.39 is 0 Å². The fourth-order valence-electron chi connectivity index (χ4n) is 3.85. The van der Waals surface area contributed by atoms with Crippen LogP contribution < -0.4 is 15.5 Å². The van der Waals surface area contributed by atoms with Crippen LogP contribution in [0.25, 0.3) is 0 Å². The Balaban J connectivity index is 1.37. The zero-order valence-electron chi connectivity index (χ0n) is 15.4. The summed E-state index contributed by atoms with van der Waals surface area (Å²) in [5, 5.41) is 6.10. The number of rotatable bonds is 4. The number of aromatic nitrogens is 1. The van der Waals surface area contributed by atoms with Gasteiger partial charge in [-0.15, -0.1) is 0 Å². The number of anilines is 2. The van der Waals surface area contributed by atoms with Gasteiger partial charge in [0.25, 0.3) is 0 Å². The number of ether oxygens (including phenoxy) is 1. The van der Waals surface area contributed by atoms with Gasteiger partial charge in [-0.25, -0.2) is 9.78 Å². The SMILES string of the molecule is O=C(Nc1cccnc1N1CCCC1)NC1CCOC(c2ccccc2)C1. The van der Waals surface area contributed by atoms with Crippen LogP contribution in [0.2, 0.25) is 0 Å². The summed E-state index contributed by atoms with van der Waals surface area (Å²) in [6.45, 7) is 2.63. The van der Waals surface area contributed by atoms with Crippen molar-refractivity contribution < 1.29 is 9.53 Å². The molecule has 4 rings (SSSR count). The molecule has 6 heteroatoms. The molecular weight excluding hydrogens is 340 g/mol. The second-order valence-electron chi connectivity index (χ2n) is 7.16. The summed E-state index contributed by atoms with van der Waals surface area (Å²) in [4.78, 5) is 19.3. The summed E-state index contributed by atoms with van der Waals surface area (Å²) < 4.78 is 5.89. The maximum Gasteiger partial charge on any atom is 0.319 e. The molecule has 2 aromatic rings. The molecule has 0 saturated carbocycles. The summed E-state index contributed by atoms with van der Waals surface area (Å²) in [6.07, 6.45) is 5.76. The lowest BCUT2D eigenvalue weighted by Gasteiger charge is -2.30. The molecule has 2 unspecified atom stereocenters. The highest BCUT2D eigenvalue weighted by Gasteiger charge is 2.25. The number of hydrogen-bond donors (Lipinski definition) is 2. The minimum absolute atomic E-state index is 0.0313. The van der Waals surface area contributed by atoms with Crippen LogP contribution >= 0.6 is 0 Å². The molecule has 1 aromatic heterocycles. The monoisotopic (exact) mass is 366 g/mol. The van der Waals surface area contributed by atoms with E-state index in [0.29, 0.717) is 6.61 Å². The van der Waals surface area contributed by atoms with Crippen LogP contribution in [0.15, 0.2) is 48.7 Å². The van der Waals surface area contributed by atoms with Gasteiger partial charge in [0.2, 0.25) is 0 Å². The van der Waals surface area contributed by atoms with E-state index in [1.807, 2.05) is 30.3 Å². The first kappa shape index (κ1) is 17.8. The maximum atomic E-state index is 12.6. The molecule has 2 atom stereocenters. The van der Waals surface area contributed by atoms with Crippen molar-refractivity contribution in [1.29, 1.82) is 0 Å². The second kappa shape index (κ2) is 8.39. The smallest absolute Gasteiger partial charge is 0.319 e. The Kier molecular flexibility index (Phi) is 5.53. The molecule has 2 fully saturated rings. The van der Waals surface area contributed by atoms with E-state index in [4.69, 9.17) is 4.74 Å². The van der Waals surface area contributed by atoms with Gasteiger partial charge in [0.1, 0.15) is 0 Å². The van der Waals surface area contributed by atoms with Gasteiger partial charge in [-0.1, -0.05) is 30.3 Å². The highest BCUT2D eigenvalue weighted by molar-refractivity contribution is 5.92. The molecule has 0 spiro atoms. The van der Waals surface area contributed by atoms with Crippen LogP contribution in [0.5, 0.6) is 0 Å². The van der Waals surface area contributed by atoms with Crippen molar-refractivity contribution in [3.8, 4) is 0 Å². The Labute approximate surface area is 159 Å². The summed E-state index contributed by atoms with van der Waals surface area (Å²) >= 11 is 0. The summed E-state index contributed by atoms with van der Waals surface area (Å²) in [5.74, 6) is 0.860. The van der Waals surface area contributed by atoms with E-state index in [-0.39, 0.29) is 18.2 Å². The fourth-order valence-corrected chi connectivity index (χ4v) is 3.85. The number of benzene rings is 1. The quantitative estimate of drug-likeness (QED) is 0.865. The highest BCUT2D eigenvalue weighted by Crippen LogP contribution is 2.29. The Morgan fingerprint density at radius 2 is 1.93 bits per heavy atom. The molecule has 0 radical (unpaired) electrons. The lowest BCUT2D eigenvalue weighted by molar-refractivity contribution is 0.00254. The molecule has 142 valence electrons. The lowest BCUT2D eigenvalue weighted by Crippen LogP contribution is -2.42. The zero-order valence-corrected chi connectivity index (χ0v) is 15.4. The van der Waals surface area contributed by atoms with Gasteiger partial charge in [0, 0.05) is 31.9 Å². The Hall–Kier alpha value is -2.60. The van der Waals surface area contributed by atoms with Crippen molar-refractivity contribution in [2.45, 2.75) is 37.8 Å². The van der Waals surface area contributed by atoms with Crippen molar-refractivity contribution in [2.75, 3.05) is 29.9 Å². The number of amides is 2. The third-order valence-electron chi connectivity index (χ3n) is 5.23. The van der Waals surface area contributed by atoms with Gasteiger partial charge in [-0.05, 0) is 43.4 Å². The van der Waals surface area contributed by atoms with Crippen LogP contribution in [0.4, 0.5) is 16.3 Å². The number of nitrogens with one attached hydrogen (secondary N) is 2. The lowest BCUT2D eigenvalue weighted by atomic mass is 9.97. The van der Waals surface area contributed by atoms with Crippen molar-refractivity contribution in [1.82, 2.24) is 10.3 Å². The zero-order chi connectivity index (χ0) is 18.5. The van der Waals surface area contributed by atoms with Crippen LogP contribution in [0, 0.1) is 0 Å². The van der Waals surface area contributed by atoms with Gasteiger partial charge in [-0.2, -0.15) is 0 Å². The molecule has 6 nitrogen and oxygen atoms in total. The van der Waals surface area contributed by atoms with Crippen molar-refractivity contribution in [3.63, 3.8) is 0 Å². The molecule has 1 aromatic carbocycles. The molecule has 2 amide bonds. The van der Waals surface area contributed by atoms with Crippen LogP contribution in [-0.4, -0.2) is 36.8 Å². The Morgan fingerprint density at radius 3 is 2.74 bits per heavy atom. The average molecular weight is 366 g/mol. The predicted molar refractivity (Wildman–Crippen MR) is 106 cm³/mol. The van der Waals surface area contributed by atoms with Crippen LogP contribution in [0.3, 0.4) is 0 Å². The maximum absolute atomic E-state index is 12.6. The third-order valence-corrected chi connectivity index (χ3v) is 5.23. The van der Waals surface area contributed by atoms with Crippen molar-refractivity contribution >= 4 is 17.5 Å². The largest absolute Gasteiger partial charge is 0.373 e. The molecule has 0 aliphatic carbocycles. The minimum atomic E-state index is -0.179. The van der Waals surface area contributed by atoms with E-state index in [0.717, 1.165) is 43.0 Å². The van der Waals surface area contributed by atoms with Crippen LogP contribution in [0.1, 0.15) is 37.4 Å². The van der Waals surface area contributed by atoms with E-state index in [2.05, 4.69) is 32.7 Å². The summed E-state index contributed by atoms with van der Waals surface area (Å²) in [6, 6.07) is 13.9. The van der Waals surface area contributed by atoms with Gasteiger partial charge >= 0.3 is 6.03 Å². The standard InChI is InChI=1S/C21H26N4O2/c26-21(24-18-9-6-11-22-20(18)25-12-4-5-13-25)23-17-10-14-27-19(15-17)16-7-2-1-3-8-16/h1-3,6-9,11,17,19H,4-5,10,12-15H2,(H2,23,24,26). The van der Waals surface area contributed by atoms with Gasteiger partial charge in [0.15, 0.2) is 5.82 Å². The Bertz CT molecular complexity index is 762. The van der Waals surface area contributed by atoms with Crippen molar-refractivity contribution in [3.05, 3.63) is 54.2 Å². The van der Waals surface area contributed by atoms with Crippen molar-refractivity contribution in [2.24, 2.45) is 0 Å². The topological polar surface area (TPSA) is 66.5 Å². The van der Waals surface area contributed by atoms with Gasteiger partial charge in [-0.3, -0.25) is 0 Å². The molecule has 2 N–H and O–H groups in total. The van der Waals surface area contributed by atoms with Gasteiger partial charge in [0.05, 0.1) is 11.8 Å². The first-order chi connectivity index (χ1) is 13.3. The molecule has 27 heavy (non-hydrogen) atoms. The minimum Gasteiger partial charge on any atom is -0.373 e. The van der Waals surface area contributed by atoms with E-state index in [1.54, 1.807) is 6.20 Å². The first-order valence-corrected chi connectivity index (χ1v) is 9.73.